The summed E-state index contributed by atoms with van der Waals surface area (Å²) in [6.45, 7) is 1.67. The second kappa shape index (κ2) is 3.43. The SMILES string of the molecule is N#CNC(=O)c1cn(C2CNC2)nn1. The van der Waals surface area contributed by atoms with Crippen molar-refractivity contribution in [3.8, 4) is 6.19 Å². The Balaban J connectivity index is 2.09. The van der Waals surface area contributed by atoms with Crippen molar-refractivity contribution < 1.29 is 4.79 Å². The largest absolute Gasteiger partial charge is 0.312 e. The van der Waals surface area contributed by atoms with Crippen molar-refractivity contribution in [2.75, 3.05) is 13.1 Å². The third-order valence-corrected chi connectivity index (χ3v) is 2.05. The van der Waals surface area contributed by atoms with Crippen molar-refractivity contribution >= 4 is 5.91 Å². The van der Waals surface area contributed by atoms with E-state index in [9.17, 15) is 4.79 Å². The molecule has 14 heavy (non-hydrogen) atoms. The van der Waals surface area contributed by atoms with E-state index >= 15 is 0 Å². The lowest BCUT2D eigenvalue weighted by Gasteiger charge is -2.26. The number of hydrogen-bond acceptors (Lipinski definition) is 5. The van der Waals surface area contributed by atoms with Crippen LogP contribution in [-0.4, -0.2) is 34.0 Å². The van der Waals surface area contributed by atoms with Crippen LogP contribution in [0.3, 0.4) is 0 Å². The van der Waals surface area contributed by atoms with Gasteiger partial charge in [-0.1, -0.05) is 5.21 Å². The lowest BCUT2D eigenvalue weighted by molar-refractivity contribution is 0.0968. The van der Waals surface area contributed by atoms with Gasteiger partial charge in [0.25, 0.3) is 5.91 Å². The number of carbonyl (C=O) groups is 1. The van der Waals surface area contributed by atoms with Crippen LogP contribution in [0.15, 0.2) is 6.20 Å². The number of carbonyl (C=O) groups excluding carboxylic acids is 1. The van der Waals surface area contributed by atoms with Crippen LogP contribution in [0.5, 0.6) is 0 Å². The van der Waals surface area contributed by atoms with Gasteiger partial charge in [-0.15, -0.1) is 5.10 Å². The molecule has 0 radical (unpaired) electrons. The van der Waals surface area contributed by atoms with Gasteiger partial charge in [0.05, 0.1) is 12.2 Å². The molecule has 72 valence electrons. The van der Waals surface area contributed by atoms with Gasteiger partial charge in [0.1, 0.15) is 0 Å². The van der Waals surface area contributed by atoms with Crippen molar-refractivity contribution in [2.45, 2.75) is 6.04 Å². The summed E-state index contributed by atoms with van der Waals surface area (Å²) in [4.78, 5) is 11.1. The first-order chi connectivity index (χ1) is 6.81. The maximum absolute atomic E-state index is 11.1. The minimum Gasteiger partial charge on any atom is -0.312 e. The summed E-state index contributed by atoms with van der Waals surface area (Å²) in [6.07, 6.45) is 3.08. The highest BCUT2D eigenvalue weighted by Gasteiger charge is 2.21. The predicted molar refractivity (Wildman–Crippen MR) is 45.0 cm³/mol. The fraction of sp³-hybridized carbons (Fsp3) is 0.429. The van der Waals surface area contributed by atoms with Crippen LogP contribution in [0.2, 0.25) is 0 Å². The number of amides is 1. The second-order valence-electron chi connectivity index (χ2n) is 2.96. The number of nitrogens with one attached hydrogen (secondary N) is 2. The molecule has 0 aliphatic carbocycles. The Bertz CT molecular complexity index is 387. The lowest BCUT2D eigenvalue weighted by atomic mass is 10.2. The summed E-state index contributed by atoms with van der Waals surface area (Å²) in [5.74, 6) is -0.522. The molecule has 2 N–H and O–H groups in total. The van der Waals surface area contributed by atoms with E-state index in [1.54, 1.807) is 10.9 Å². The van der Waals surface area contributed by atoms with Gasteiger partial charge in [-0.05, 0) is 0 Å². The van der Waals surface area contributed by atoms with Gasteiger partial charge in [-0.3, -0.25) is 10.1 Å². The van der Waals surface area contributed by atoms with Crippen molar-refractivity contribution in [3.63, 3.8) is 0 Å². The van der Waals surface area contributed by atoms with Crippen LogP contribution in [0.4, 0.5) is 0 Å². The Kier molecular flexibility index (Phi) is 2.12. The number of nitriles is 1. The minimum absolute atomic E-state index is 0.165. The molecule has 0 atom stereocenters. The summed E-state index contributed by atoms with van der Waals surface area (Å²) in [5.41, 5.74) is 0.165. The first-order valence-corrected chi connectivity index (χ1v) is 4.13. The van der Waals surface area contributed by atoms with Crippen LogP contribution < -0.4 is 10.6 Å². The van der Waals surface area contributed by atoms with Crippen LogP contribution in [0.1, 0.15) is 16.5 Å². The van der Waals surface area contributed by atoms with Gasteiger partial charge in [0.2, 0.25) is 0 Å². The third-order valence-electron chi connectivity index (χ3n) is 2.05. The van der Waals surface area contributed by atoms with Crippen LogP contribution in [-0.2, 0) is 0 Å². The Morgan fingerprint density at radius 2 is 2.57 bits per heavy atom. The molecular formula is C7H8N6O. The van der Waals surface area contributed by atoms with Gasteiger partial charge in [-0.25, -0.2) is 4.68 Å². The highest BCUT2D eigenvalue weighted by Crippen LogP contribution is 2.09. The molecule has 2 heterocycles. The predicted octanol–water partition coefficient (Wildman–Crippen LogP) is -1.37. The van der Waals surface area contributed by atoms with Crippen LogP contribution >= 0.6 is 0 Å². The van der Waals surface area contributed by atoms with Gasteiger partial charge in [0.15, 0.2) is 11.9 Å². The Labute approximate surface area is 79.7 Å². The zero-order valence-corrected chi connectivity index (χ0v) is 7.27. The molecule has 7 nitrogen and oxygen atoms in total. The zero-order chi connectivity index (χ0) is 9.97. The third kappa shape index (κ3) is 1.43. The average molecular weight is 192 g/mol. The summed E-state index contributed by atoms with van der Waals surface area (Å²) in [7, 11) is 0. The molecule has 0 aromatic carbocycles. The lowest BCUT2D eigenvalue weighted by Crippen LogP contribution is -2.43. The average Bonchev–Trinajstić information content (AvgIpc) is 2.50. The number of nitrogens with zero attached hydrogens (tertiary/aromatic N) is 4. The highest BCUT2D eigenvalue weighted by molar-refractivity contribution is 5.92. The second-order valence-corrected chi connectivity index (χ2v) is 2.96. The van der Waals surface area contributed by atoms with E-state index in [4.69, 9.17) is 5.26 Å². The maximum Gasteiger partial charge on any atom is 0.286 e. The van der Waals surface area contributed by atoms with E-state index in [0.717, 1.165) is 13.1 Å². The number of aromatic nitrogens is 3. The molecule has 1 aliphatic heterocycles. The number of hydrogen-bond donors (Lipinski definition) is 2. The standard InChI is InChI=1S/C7H8N6O/c8-4-10-7(14)6-3-13(12-11-6)5-1-9-2-5/h3,5,9H,1-2H2,(H,10,14). The topological polar surface area (TPSA) is 95.6 Å². The van der Waals surface area contributed by atoms with E-state index in [-0.39, 0.29) is 11.7 Å². The molecule has 1 aromatic heterocycles. The fourth-order valence-electron chi connectivity index (χ4n) is 1.13. The van der Waals surface area contributed by atoms with E-state index < -0.39 is 5.91 Å². The van der Waals surface area contributed by atoms with Gasteiger partial charge < -0.3 is 5.32 Å². The molecule has 0 bridgehead atoms. The first-order valence-electron chi connectivity index (χ1n) is 4.13. The van der Waals surface area contributed by atoms with Crippen LogP contribution in [0, 0.1) is 11.5 Å². The maximum atomic E-state index is 11.1. The van der Waals surface area contributed by atoms with E-state index in [2.05, 4.69) is 15.6 Å². The zero-order valence-electron chi connectivity index (χ0n) is 7.27. The van der Waals surface area contributed by atoms with Crippen molar-refractivity contribution in [1.29, 1.82) is 5.26 Å². The molecule has 1 aromatic rings. The highest BCUT2D eigenvalue weighted by atomic mass is 16.1. The molecule has 0 unspecified atom stereocenters. The van der Waals surface area contributed by atoms with E-state index in [1.165, 1.54) is 6.20 Å². The Morgan fingerprint density at radius 1 is 1.79 bits per heavy atom. The molecule has 1 saturated heterocycles. The molecule has 1 fully saturated rings. The summed E-state index contributed by atoms with van der Waals surface area (Å²) < 4.78 is 1.63. The van der Waals surface area contributed by atoms with Crippen LogP contribution in [0.25, 0.3) is 0 Å². The molecule has 7 heteroatoms. The van der Waals surface area contributed by atoms with Gasteiger partial charge >= 0.3 is 0 Å². The van der Waals surface area contributed by atoms with Gasteiger partial charge in [0, 0.05) is 13.1 Å². The molecule has 0 spiro atoms. The van der Waals surface area contributed by atoms with Gasteiger partial charge in [-0.2, -0.15) is 5.26 Å². The van der Waals surface area contributed by atoms with Crippen molar-refractivity contribution in [3.05, 3.63) is 11.9 Å². The summed E-state index contributed by atoms with van der Waals surface area (Å²) in [5, 5.41) is 20.7. The van der Waals surface area contributed by atoms with Crippen molar-refractivity contribution in [2.24, 2.45) is 0 Å². The minimum atomic E-state index is -0.522. The molecule has 1 amide bonds. The molecule has 2 rings (SSSR count). The summed E-state index contributed by atoms with van der Waals surface area (Å²) in [6, 6.07) is 0.270. The summed E-state index contributed by atoms with van der Waals surface area (Å²) >= 11 is 0. The molecular weight excluding hydrogens is 184 g/mol. The Morgan fingerprint density at radius 3 is 3.14 bits per heavy atom. The Hall–Kier alpha value is -1.94. The monoisotopic (exact) mass is 192 g/mol. The smallest absolute Gasteiger partial charge is 0.286 e. The normalized spacial score (nSPS) is 15.6. The molecule has 0 saturated carbocycles. The fourth-order valence-corrected chi connectivity index (χ4v) is 1.13. The van der Waals surface area contributed by atoms with E-state index in [1.807, 2.05) is 5.32 Å². The first kappa shape index (κ1) is 8.65. The van der Waals surface area contributed by atoms with E-state index in [0.29, 0.717) is 0 Å². The quantitative estimate of drug-likeness (QED) is 0.445. The van der Waals surface area contributed by atoms with Crippen molar-refractivity contribution in [1.82, 2.24) is 25.6 Å². The molecule has 1 aliphatic rings. The number of rotatable bonds is 2.